The number of ether oxygens (including phenoxy) is 1. The van der Waals surface area contributed by atoms with Gasteiger partial charge in [-0.25, -0.2) is 4.79 Å². The van der Waals surface area contributed by atoms with E-state index in [1.54, 1.807) is 36.0 Å². The number of thioether (sulfide) groups is 1. The van der Waals surface area contributed by atoms with Gasteiger partial charge in [0.25, 0.3) is 0 Å². The van der Waals surface area contributed by atoms with Gasteiger partial charge in [0.15, 0.2) is 0 Å². The maximum atomic E-state index is 11.5. The Hall–Kier alpha value is -2.60. The van der Waals surface area contributed by atoms with Gasteiger partial charge in [-0.3, -0.25) is 0 Å². The smallest absolute Gasteiger partial charge is 0.337 e. The summed E-state index contributed by atoms with van der Waals surface area (Å²) >= 11 is 1.79. The van der Waals surface area contributed by atoms with Gasteiger partial charge in [-0.15, -0.1) is 10.2 Å². The zero-order chi connectivity index (χ0) is 18.2. The number of benzene rings is 2. The highest BCUT2D eigenvalue weighted by Gasteiger charge is 2.10. The van der Waals surface area contributed by atoms with Crippen molar-refractivity contribution in [2.45, 2.75) is 18.6 Å². The maximum absolute atomic E-state index is 11.5. The van der Waals surface area contributed by atoms with Crippen LogP contribution in [0.2, 0.25) is 0 Å². The highest BCUT2D eigenvalue weighted by Crippen LogP contribution is 2.21. The monoisotopic (exact) mass is 368 g/mol. The summed E-state index contributed by atoms with van der Waals surface area (Å²) < 4.78 is 10.4. The lowest BCUT2D eigenvalue weighted by Crippen LogP contribution is -2.00. The molecule has 0 fully saturated rings. The molecule has 1 aromatic heterocycles. The largest absolute Gasteiger partial charge is 0.465 e. The van der Waals surface area contributed by atoms with Crippen molar-refractivity contribution < 1.29 is 13.9 Å². The van der Waals surface area contributed by atoms with Gasteiger partial charge in [-0.1, -0.05) is 30.3 Å². The number of aryl methyl sites for hydroxylation is 1. The highest BCUT2D eigenvalue weighted by molar-refractivity contribution is 7.98. The molecule has 0 aliphatic rings. The van der Waals surface area contributed by atoms with Crippen LogP contribution in [0, 0.1) is 0 Å². The van der Waals surface area contributed by atoms with Crippen molar-refractivity contribution in [1.82, 2.24) is 10.2 Å². The summed E-state index contributed by atoms with van der Waals surface area (Å²) in [7, 11) is 1.36. The number of methoxy groups -OCH3 is 1. The molecule has 0 radical (unpaired) electrons. The van der Waals surface area contributed by atoms with Crippen LogP contribution in [0.1, 0.15) is 28.2 Å². The summed E-state index contributed by atoms with van der Waals surface area (Å²) in [4.78, 5) is 11.5. The van der Waals surface area contributed by atoms with E-state index in [1.165, 1.54) is 12.7 Å². The van der Waals surface area contributed by atoms with E-state index in [2.05, 4.69) is 39.2 Å². The summed E-state index contributed by atoms with van der Waals surface area (Å²) in [5, 5.41) is 8.17. The summed E-state index contributed by atoms with van der Waals surface area (Å²) in [6.45, 7) is 0. The maximum Gasteiger partial charge on any atom is 0.337 e. The molecule has 0 spiro atoms. The van der Waals surface area contributed by atoms with Gasteiger partial charge >= 0.3 is 5.97 Å². The fourth-order valence-corrected chi connectivity index (χ4v) is 3.26. The van der Waals surface area contributed by atoms with Gasteiger partial charge in [0.2, 0.25) is 11.8 Å². The summed E-state index contributed by atoms with van der Waals surface area (Å²) in [5.74, 6) is 2.44. The molecule has 0 N–H and O–H groups in total. The third kappa shape index (κ3) is 4.95. The van der Waals surface area contributed by atoms with Gasteiger partial charge in [0.1, 0.15) is 0 Å². The average molecular weight is 368 g/mol. The predicted molar refractivity (Wildman–Crippen MR) is 102 cm³/mol. The normalized spacial score (nSPS) is 10.7. The molecular weight excluding hydrogens is 348 g/mol. The minimum absolute atomic E-state index is 0.366. The Morgan fingerprint density at radius 3 is 2.58 bits per heavy atom. The van der Waals surface area contributed by atoms with E-state index in [4.69, 9.17) is 4.42 Å². The number of rotatable bonds is 8. The Bertz CT molecular complexity index is 832. The molecule has 2 aromatic carbocycles. The highest BCUT2D eigenvalue weighted by atomic mass is 32.2. The van der Waals surface area contributed by atoms with Gasteiger partial charge in [0, 0.05) is 5.56 Å². The first-order valence-electron chi connectivity index (χ1n) is 8.39. The van der Waals surface area contributed by atoms with Crippen molar-refractivity contribution in [2.75, 3.05) is 12.9 Å². The summed E-state index contributed by atoms with van der Waals surface area (Å²) in [5.41, 5.74) is 2.64. The van der Waals surface area contributed by atoms with E-state index >= 15 is 0 Å². The van der Waals surface area contributed by atoms with Crippen LogP contribution in [0.3, 0.4) is 0 Å². The second kappa shape index (κ2) is 9.20. The second-order valence-corrected chi connectivity index (χ2v) is 6.82. The van der Waals surface area contributed by atoms with Crippen LogP contribution in [0.15, 0.2) is 59.0 Å². The average Bonchev–Trinajstić information content (AvgIpc) is 3.17. The third-order valence-corrected chi connectivity index (χ3v) is 4.87. The number of carbonyl (C=O) groups is 1. The molecule has 3 aromatic rings. The molecule has 0 saturated heterocycles. The van der Waals surface area contributed by atoms with Crippen LogP contribution in [0.25, 0.3) is 11.5 Å². The zero-order valence-corrected chi connectivity index (χ0v) is 15.4. The summed E-state index contributed by atoms with van der Waals surface area (Å²) in [6.07, 6.45) is 2.19. The van der Waals surface area contributed by atoms with E-state index in [-0.39, 0.29) is 5.97 Å². The SMILES string of the molecule is COC(=O)c1ccc(-c2nnc(CSCCCc3ccccc3)o2)cc1. The van der Waals surface area contributed by atoms with Crippen LogP contribution in [0.4, 0.5) is 0 Å². The number of aromatic nitrogens is 2. The number of nitrogens with zero attached hydrogens (tertiary/aromatic N) is 2. The molecule has 0 amide bonds. The molecule has 3 rings (SSSR count). The molecule has 0 aliphatic carbocycles. The van der Waals surface area contributed by atoms with Crippen LogP contribution in [0.5, 0.6) is 0 Å². The Morgan fingerprint density at radius 2 is 1.85 bits per heavy atom. The van der Waals surface area contributed by atoms with Crippen LogP contribution in [-0.2, 0) is 16.9 Å². The fourth-order valence-electron chi connectivity index (χ4n) is 2.48. The Balaban J connectivity index is 1.46. The van der Waals surface area contributed by atoms with E-state index in [9.17, 15) is 4.79 Å². The van der Waals surface area contributed by atoms with E-state index < -0.39 is 0 Å². The Morgan fingerprint density at radius 1 is 1.08 bits per heavy atom. The topological polar surface area (TPSA) is 65.2 Å². The van der Waals surface area contributed by atoms with E-state index in [0.717, 1.165) is 24.2 Å². The van der Waals surface area contributed by atoms with Crippen LogP contribution >= 0.6 is 11.8 Å². The van der Waals surface area contributed by atoms with Crippen molar-refractivity contribution in [3.63, 3.8) is 0 Å². The first-order valence-corrected chi connectivity index (χ1v) is 9.54. The van der Waals surface area contributed by atoms with Crippen molar-refractivity contribution >= 4 is 17.7 Å². The van der Waals surface area contributed by atoms with Crippen LogP contribution < -0.4 is 0 Å². The molecule has 1 heterocycles. The Labute approximate surface area is 156 Å². The van der Waals surface area contributed by atoms with Crippen molar-refractivity contribution in [3.05, 3.63) is 71.6 Å². The minimum Gasteiger partial charge on any atom is -0.465 e. The van der Waals surface area contributed by atoms with Gasteiger partial charge in [0.05, 0.1) is 18.4 Å². The summed E-state index contributed by atoms with van der Waals surface area (Å²) in [6, 6.07) is 17.4. The molecule has 0 aliphatic heterocycles. The van der Waals surface area contributed by atoms with Crippen molar-refractivity contribution in [2.24, 2.45) is 0 Å². The molecule has 0 atom stereocenters. The van der Waals surface area contributed by atoms with Gasteiger partial charge in [-0.05, 0) is 48.4 Å². The van der Waals surface area contributed by atoms with E-state index in [0.29, 0.717) is 23.1 Å². The molecule has 0 saturated carbocycles. The lowest BCUT2D eigenvalue weighted by Gasteiger charge is -2.01. The molecule has 0 unspecified atom stereocenters. The quantitative estimate of drug-likeness (QED) is 0.434. The van der Waals surface area contributed by atoms with Crippen molar-refractivity contribution in [1.29, 1.82) is 0 Å². The first kappa shape index (κ1) is 18.2. The Kier molecular flexibility index (Phi) is 6.44. The molecule has 0 bridgehead atoms. The predicted octanol–water partition coefficient (Wildman–Crippen LogP) is 4.39. The standard InChI is InChI=1S/C20H20N2O3S/c1-24-20(23)17-11-9-16(10-12-17)19-22-21-18(25-19)14-26-13-5-8-15-6-3-2-4-7-15/h2-4,6-7,9-12H,5,8,13-14H2,1H3. The molecule has 134 valence electrons. The zero-order valence-electron chi connectivity index (χ0n) is 14.6. The number of esters is 1. The van der Waals surface area contributed by atoms with Crippen molar-refractivity contribution in [3.8, 4) is 11.5 Å². The third-order valence-electron chi connectivity index (χ3n) is 3.84. The molecule has 6 heteroatoms. The first-order chi connectivity index (χ1) is 12.8. The lowest BCUT2D eigenvalue weighted by atomic mass is 10.1. The lowest BCUT2D eigenvalue weighted by molar-refractivity contribution is 0.0600. The molecule has 26 heavy (non-hydrogen) atoms. The number of hydrogen-bond acceptors (Lipinski definition) is 6. The van der Waals surface area contributed by atoms with Gasteiger partial charge in [-0.2, -0.15) is 11.8 Å². The van der Waals surface area contributed by atoms with Crippen LogP contribution in [-0.4, -0.2) is 29.0 Å². The minimum atomic E-state index is -0.366. The van der Waals surface area contributed by atoms with E-state index in [1.807, 2.05) is 6.07 Å². The number of hydrogen-bond donors (Lipinski definition) is 0. The second-order valence-electron chi connectivity index (χ2n) is 5.71. The fraction of sp³-hybridized carbons (Fsp3) is 0.250. The molecule has 5 nitrogen and oxygen atoms in total. The number of carbonyl (C=O) groups excluding carboxylic acids is 1. The molecular formula is C20H20N2O3S. The van der Waals surface area contributed by atoms with Gasteiger partial charge < -0.3 is 9.15 Å².